The summed E-state index contributed by atoms with van der Waals surface area (Å²) in [4.78, 5) is 8.58. The van der Waals surface area contributed by atoms with Crippen LogP contribution in [-0.2, 0) is 11.3 Å². The minimum atomic E-state index is 0. The molecule has 0 bridgehead atoms. The maximum absolute atomic E-state index is 5.55. The largest absolute Gasteiger partial charge is 0.381 e. The lowest BCUT2D eigenvalue weighted by molar-refractivity contribution is 0.129. The second kappa shape index (κ2) is 13.5. The van der Waals surface area contributed by atoms with E-state index in [1.165, 1.54) is 6.42 Å². The van der Waals surface area contributed by atoms with Crippen molar-refractivity contribution >= 4 is 29.9 Å². The molecule has 0 aliphatic carbocycles. The van der Waals surface area contributed by atoms with E-state index in [1.807, 2.05) is 24.4 Å². The van der Waals surface area contributed by atoms with Crippen LogP contribution in [-0.4, -0.2) is 47.5 Å². The summed E-state index contributed by atoms with van der Waals surface area (Å²) in [6.07, 6.45) is 8.67. The summed E-state index contributed by atoms with van der Waals surface area (Å²) in [5, 5.41) is 10.8. The molecule has 144 valence electrons. The van der Waals surface area contributed by atoms with Gasteiger partial charge in [0.2, 0.25) is 0 Å². The Morgan fingerprint density at radius 1 is 1.23 bits per heavy atom. The summed E-state index contributed by atoms with van der Waals surface area (Å²) >= 11 is 0. The zero-order valence-corrected chi connectivity index (χ0v) is 17.8. The Morgan fingerprint density at radius 3 is 2.81 bits per heavy atom. The second-order valence-electron chi connectivity index (χ2n) is 5.64. The summed E-state index contributed by atoms with van der Waals surface area (Å²) < 4.78 is 7.30. The zero-order chi connectivity index (χ0) is 17.7. The van der Waals surface area contributed by atoms with E-state index in [0.29, 0.717) is 6.54 Å². The van der Waals surface area contributed by atoms with Crippen LogP contribution >= 0.6 is 24.0 Å². The van der Waals surface area contributed by atoms with Crippen molar-refractivity contribution in [2.75, 3.05) is 26.8 Å². The molecule has 0 unspecified atom stereocenters. The number of aliphatic imine (C=N–C) groups is 1. The van der Waals surface area contributed by atoms with Gasteiger partial charge in [-0.25, -0.2) is 9.67 Å². The molecule has 2 N–H and O–H groups in total. The number of nitrogens with one attached hydrogen (secondary N) is 2. The monoisotopic (exact) mass is 472 g/mol. The van der Waals surface area contributed by atoms with Crippen LogP contribution in [0.5, 0.6) is 0 Å². The Kier molecular flexibility index (Phi) is 11.6. The molecular weight excluding hydrogens is 443 g/mol. The van der Waals surface area contributed by atoms with Crippen LogP contribution in [0.1, 0.15) is 31.7 Å². The Balaban J connectivity index is 0.00000338. The average molecular weight is 472 g/mol. The van der Waals surface area contributed by atoms with Crippen molar-refractivity contribution in [3.63, 3.8) is 0 Å². The van der Waals surface area contributed by atoms with E-state index in [-0.39, 0.29) is 24.0 Å². The van der Waals surface area contributed by atoms with Crippen LogP contribution in [0.25, 0.3) is 5.82 Å². The number of hydrogen-bond donors (Lipinski definition) is 2. The fourth-order valence-corrected chi connectivity index (χ4v) is 2.24. The number of pyridine rings is 1. The van der Waals surface area contributed by atoms with Crippen LogP contribution in [0, 0.1) is 0 Å². The van der Waals surface area contributed by atoms with Gasteiger partial charge in [-0.1, -0.05) is 13.3 Å². The van der Waals surface area contributed by atoms with Gasteiger partial charge in [0, 0.05) is 51.9 Å². The molecule has 0 atom stereocenters. The highest BCUT2D eigenvalue weighted by atomic mass is 127. The van der Waals surface area contributed by atoms with Gasteiger partial charge in [0.15, 0.2) is 11.8 Å². The molecule has 26 heavy (non-hydrogen) atoms. The first-order valence-corrected chi connectivity index (χ1v) is 8.80. The zero-order valence-electron chi connectivity index (χ0n) is 15.5. The molecule has 0 spiro atoms. The first-order valence-electron chi connectivity index (χ1n) is 8.80. The van der Waals surface area contributed by atoms with Crippen LogP contribution in [0.15, 0.2) is 41.8 Å². The van der Waals surface area contributed by atoms with Crippen LogP contribution in [0.3, 0.4) is 0 Å². The lowest BCUT2D eigenvalue weighted by Gasteiger charge is -2.12. The highest BCUT2D eigenvalue weighted by Gasteiger charge is 2.02. The van der Waals surface area contributed by atoms with Crippen molar-refractivity contribution in [2.45, 2.75) is 32.7 Å². The highest BCUT2D eigenvalue weighted by Crippen LogP contribution is 2.05. The average Bonchev–Trinajstić information content (AvgIpc) is 3.18. The van der Waals surface area contributed by atoms with E-state index < -0.39 is 0 Å². The van der Waals surface area contributed by atoms with Gasteiger partial charge in [-0.15, -0.1) is 24.0 Å². The quantitative estimate of drug-likeness (QED) is 0.241. The predicted octanol–water partition coefficient (Wildman–Crippen LogP) is 2.76. The topological polar surface area (TPSA) is 76.4 Å². The van der Waals surface area contributed by atoms with Crippen LogP contribution in [0.4, 0.5) is 0 Å². The normalized spacial score (nSPS) is 11.1. The van der Waals surface area contributed by atoms with Crippen molar-refractivity contribution < 1.29 is 4.74 Å². The maximum Gasteiger partial charge on any atom is 0.191 e. The van der Waals surface area contributed by atoms with E-state index in [4.69, 9.17) is 4.74 Å². The number of unbranched alkanes of at least 4 members (excludes halogenated alkanes) is 1. The van der Waals surface area contributed by atoms with Gasteiger partial charge in [-0.3, -0.25) is 4.99 Å². The minimum absolute atomic E-state index is 0. The van der Waals surface area contributed by atoms with E-state index in [2.05, 4.69) is 32.6 Å². The summed E-state index contributed by atoms with van der Waals surface area (Å²) in [7, 11) is 1.77. The smallest absolute Gasteiger partial charge is 0.191 e. The molecule has 0 saturated carbocycles. The van der Waals surface area contributed by atoms with E-state index >= 15 is 0 Å². The number of rotatable bonds is 10. The fraction of sp³-hybridized carbons (Fsp3) is 0.500. The number of ether oxygens (including phenoxy) is 1. The standard InChI is InChI=1S/C18H28N6O.HI/c1-3-4-12-25-13-6-8-21-18(19-2)22-15-16-7-10-20-17(14-16)24-11-5-9-23-24;/h5,7,9-11,14H,3-4,6,8,12-13,15H2,1-2H3,(H2,19,21,22);1H. The molecule has 0 aromatic carbocycles. The van der Waals surface area contributed by atoms with Gasteiger partial charge >= 0.3 is 0 Å². The number of halogens is 1. The van der Waals surface area contributed by atoms with E-state index in [9.17, 15) is 0 Å². The molecule has 8 heteroatoms. The molecule has 0 saturated heterocycles. The summed E-state index contributed by atoms with van der Waals surface area (Å²) in [5.74, 6) is 1.59. The van der Waals surface area contributed by atoms with Crippen molar-refractivity contribution in [3.05, 3.63) is 42.4 Å². The molecule has 0 amide bonds. The molecule has 0 radical (unpaired) electrons. The van der Waals surface area contributed by atoms with Gasteiger partial charge in [0.1, 0.15) is 0 Å². The maximum atomic E-state index is 5.55. The molecule has 2 rings (SSSR count). The second-order valence-corrected chi connectivity index (χ2v) is 5.64. The van der Waals surface area contributed by atoms with E-state index in [1.54, 1.807) is 24.1 Å². The summed E-state index contributed by atoms with van der Waals surface area (Å²) in [5.41, 5.74) is 1.12. The third-order valence-corrected chi connectivity index (χ3v) is 3.63. The van der Waals surface area contributed by atoms with E-state index in [0.717, 1.165) is 49.9 Å². The van der Waals surface area contributed by atoms with Crippen LogP contribution < -0.4 is 10.6 Å². The molecule has 2 aromatic heterocycles. The van der Waals surface area contributed by atoms with Crippen molar-refractivity contribution in [3.8, 4) is 5.82 Å². The van der Waals surface area contributed by atoms with Crippen LogP contribution in [0.2, 0.25) is 0 Å². The number of aromatic nitrogens is 3. The first kappa shape index (κ1) is 22.4. The summed E-state index contributed by atoms with van der Waals surface area (Å²) in [6, 6.07) is 5.87. The van der Waals surface area contributed by atoms with Crippen molar-refractivity contribution in [1.82, 2.24) is 25.4 Å². The lowest BCUT2D eigenvalue weighted by Crippen LogP contribution is -2.37. The number of guanidine groups is 1. The molecule has 2 heterocycles. The molecule has 2 aromatic rings. The summed E-state index contributed by atoms with van der Waals surface area (Å²) in [6.45, 7) is 5.30. The lowest BCUT2D eigenvalue weighted by atomic mass is 10.2. The van der Waals surface area contributed by atoms with Gasteiger partial charge in [-0.2, -0.15) is 5.10 Å². The Labute approximate surface area is 172 Å². The molecule has 0 aliphatic rings. The number of hydrogen-bond acceptors (Lipinski definition) is 4. The molecule has 0 aliphatic heterocycles. The third kappa shape index (κ3) is 8.13. The van der Waals surface area contributed by atoms with Gasteiger partial charge in [0.25, 0.3) is 0 Å². The van der Waals surface area contributed by atoms with Crippen molar-refractivity contribution in [1.29, 1.82) is 0 Å². The SMILES string of the molecule is CCCCOCCCNC(=NC)NCc1ccnc(-n2cccn2)c1.I. The fourth-order valence-electron chi connectivity index (χ4n) is 2.24. The third-order valence-electron chi connectivity index (χ3n) is 3.63. The minimum Gasteiger partial charge on any atom is -0.381 e. The molecular formula is C18H29IN6O. The van der Waals surface area contributed by atoms with Gasteiger partial charge in [0.05, 0.1) is 0 Å². The Hall–Kier alpha value is -1.68. The molecule has 0 fully saturated rings. The Bertz CT molecular complexity index is 632. The van der Waals surface area contributed by atoms with Gasteiger partial charge in [-0.05, 0) is 36.6 Å². The Morgan fingerprint density at radius 2 is 2.08 bits per heavy atom. The van der Waals surface area contributed by atoms with Gasteiger partial charge < -0.3 is 15.4 Å². The predicted molar refractivity (Wildman–Crippen MR) is 115 cm³/mol. The first-order chi connectivity index (χ1) is 12.3. The number of nitrogens with zero attached hydrogens (tertiary/aromatic N) is 4. The van der Waals surface area contributed by atoms with Crippen molar-refractivity contribution in [2.24, 2.45) is 4.99 Å². The highest BCUT2D eigenvalue weighted by molar-refractivity contribution is 14.0. The molecule has 7 nitrogen and oxygen atoms in total.